The van der Waals surface area contributed by atoms with Crippen LogP contribution in [0.2, 0.25) is 0 Å². The van der Waals surface area contributed by atoms with Gasteiger partial charge in [0.2, 0.25) is 0 Å². The van der Waals surface area contributed by atoms with Crippen LogP contribution in [0.4, 0.5) is 0 Å². The fourth-order valence-corrected chi connectivity index (χ4v) is 2.99. The van der Waals surface area contributed by atoms with Crippen LogP contribution in [0.15, 0.2) is 0 Å². The van der Waals surface area contributed by atoms with E-state index in [-0.39, 0.29) is 0 Å². The van der Waals surface area contributed by atoms with Gasteiger partial charge in [-0.1, -0.05) is 91.4 Å². The normalized spacial score (nSPS) is 13.1. The zero-order valence-corrected chi connectivity index (χ0v) is 13.7. The van der Waals surface area contributed by atoms with Gasteiger partial charge in [-0.15, -0.1) is 0 Å². The third kappa shape index (κ3) is 10.4. The summed E-state index contributed by atoms with van der Waals surface area (Å²) in [6.45, 7) is 6.82. The van der Waals surface area contributed by atoms with E-state index in [4.69, 9.17) is 5.84 Å². The molecule has 0 amide bonds. The molecule has 0 aliphatic carbocycles. The van der Waals surface area contributed by atoms with Gasteiger partial charge in [-0.3, -0.25) is 11.3 Å². The molecule has 0 saturated heterocycles. The Bertz CT molecular complexity index is 167. The quantitative estimate of drug-likeness (QED) is 0.259. The molecule has 0 fully saturated rings. The molecular formula is C17H38N2. The smallest absolute Gasteiger partial charge is 0.0238 e. The van der Waals surface area contributed by atoms with Crippen molar-refractivity contribution in [2.24, 2.45) is 11.8 Å². The molecule has 0 heterocycles. The number of nitrogens with two attached hydrogens (primary N) is 1. The van der Waals surface area contributed by atoms with Crippen molar-refractivity contribution in [3.63, 3.8) is 0 Å². The predicted octanol–water partition coefficient (Wildman–Crippen LogP) is 5.18. The zero-order chi connectivity index (χ0) is 14.3. The van der Waals surface area contributed by atoms with E-state index in [9.17, 15) is 0 Å². The second-order valence-corrected chi connectivity index (χ2v) is 5.97. The van der Waals surface area contributed by atoms with Gasteiger partial charge in [-0.25, -0.2) is 0 Å². The van der Waals surface area contributed by atoms with Gasteiger partial charge in [0.05, 0.1) is 0 Å². The summed E-state index contributed by atoms with van der Waals surface area (Å²) in [4.78, 5) is 0. The number of unbranched alkanes of at least 4 members (excludes halogenated alkanes) is 8. The monoisotopic (exact) mass is 270 g/mol. The van der Waals surface area contributed by atoms with Crippen molar-refractivity contribution in [2.45, 2.75) is 104 Å². The van der Waals surface area contributed by atoms with Crippen LogP contribution < -0.4 is 11.3 Å². The maximum Gasteiger partial charge on any atom is 0.0238 e. The lowest BCUT2D eigenvalue weighted by atomic mass is 9.90. The van der Waals surface area contributed by atoms with E-state index >= 15 is 0 Å². The van der Waals surface area contributed by atoms with E-state index in [1.54, 1.807) is 0 Å². The van der Waals surface area contributed by atoms with Gasteiger partial charge < -0.3 is 0 Å². The van der Waals surface area contributed by atoms with Crippen LogP contribution in [-0.2, 0) is 0 Å². The summed E-state index contributed by atoms with van der Waals surface area (Å²) in [7, 11) is 0. The molecule has 1 atom stereocenters. The summed E-state index contributed by atoms with van der Waals surface area (Å²) in [6, 6.07) is 0.527. The van der Waals surface area contributed by atoms with Gasteiger partial charge >= 0.3 is 0 Å². The molecule has 1 unspecified atom stereocenters. The molecule has 2 nitrogen and oxygen atoms in total. The van der Waals surface area contributed by atoms with Crippen LogP contribution in [-0.4, -0.2) is 6.04 Å². The Hall–Kier alpha value is -0.0800. The van der Waals surface area contributed by atoms with Crippen LogP contribution in [0.25, 0.3) is 0 Å². The molecule has 2 heteroatoms. The molecule has 116 valence electrons. The van der Waals surface area contributed by atoms with Gasteiger partial charge in [0.25, 0.3) is 0 Å². The highest BCUT2D eigenvalue weighted by atomic mass is 15.2. The lowest BCUT2D eigenvalue weighted by molar-refractivity contribution is 0.312. The van der Waals surface area contributed by atoms with E-state index < -0.39 is 0 Å². The number of rotatable bonds is 14. The molecule has 0 aromatic heterocycles. The molecule has 0 rings (SSSR count). The summed E-state index contributed by atoms with van der Waals surface area (Å²) in [5.41, 5.74) is 3.03. The molecule has 0 radical (unpaired) electrons. The molecule has 0 saturated carbocycles. The second kappa shape index (κ2) is 14.3. The number of hydrazine groups is 1. The topological polar surface area (TPSA) is 38.0 Å². The van der Waals surface area contributed by atoms with Crippen molar-refractivity contribution in [1.82, 2.24) is 5.43 Å². The van der Waals surface area contributed by atoms with Crippen molar-refractivity contribution >= 4 is 0 Å². The first-order valence-electron chi connectivity index (χ1n) is 8.76. The molecule has 0 aliphatic heterocycles. The molecule has 0 bridgehead atoms. The Morgan fingerprint density at radius 2 is 1.21 bits per heavy atom. The van der Waals surface area contributed by atoms with Crippen LogP contribution in [0.3, 0.4) is 0 Å². The lowest BCUT2D eigenvalue weighted by Crippen LogP contribution is -2.40. The summed E-state index contributed by atoms with van der Waals surface area (Å²) in [5, 5.41) is 0. The average Bonchev–Trinajstić information content (AvgIpc) is 2.44. The van der Waals surface area contributed by atoms with Gasteiger partial charge in [-0.2, -0.15) is 0 Å². The van der Waals surface area contributed by atoms with Crippen LogP contribution in [0, 0.1) is 5.92 Å². The van der Waals surface area contributed by atoms with Crippen molar-refractivity contribution in [2.75, 3.05) is 0 Å². The van der Waals surface area contributed by atoms with Gasteiger partial charge in [-0.05, 0) is 12.3 Å². The first-order chi connectivity index (χ1) is 9.29. The minimum atomic E-state index is 0.527. The molecule has 0 spiro atoms. The first-order valence-corrected chi connectivity index (χ1v) is 8.76. The molecular weight excluding hydrogens is 232 g/mol. The van der Waals surface area contributed by atoms with Gasteiger partial charge in [0.15, 0.2) is 0 Å². The van der Waals surface area contributed by atoms with Crippen LogP contribution in [0.1, 0.15) is 97.8 Å². The number of nitrogens with one attached hydrogen (secondary N) is 1. The van der Waals surface area contributed by atoms with Gasteiger partial charge in [0.1, 0.15) is 0 Å². The second-order valence-electron chi connectivity index (χ2n) is 5.97. The number of hydrogen-bond acceptors (Lipinski definition) is 2. The Balaban J connectivity index is 3.41. The summed E-state index contributed by atoms with van der Waals surface area (Å²) < 4.78 is 0. The highest BCUT2D eigenvalue weighted by Gasteiger charge is 2.15. The predicted molar refractivity (Wildman–Crippen MR) is 87.0 cm³/mol. The third-order valence-electron chi connectivity index (χ3n) is 4.45. The molecule has 0 aliphatic rings. The van der Waals surface area contributed by atoms with Crippen molar-refractivity contribution in [3.05, 3.63) is 0 Å². The minimum absolute atomic E-state index is 0.527. The van der Waals surface area contributed by atoms with E-state index in [1.807, 2.05) is 0 Å². The SMILES string of the molecule is CCCCCCCCCCCC(NN)C(CC)CC. The third-order valence-corrected chi connectivity index (χ3v) is 4.45. The summed E-state index contributed by atoms with van der Waals surface area (Å²) in [6.07, 6.45) is 16.4. The standard InChI is InChI=1S/C17H38N2/c1-4-7-8-9-10-11-12-13-14-15-17(19-18)16(5-2)6-3/h16-17,19H,4-15,18H2,1-3H3. The summed E-state index contributed by atoms with van der Waals surface area (Å²) >= 11 is 0. The largest absolute Gasteiger partial charge is 0.271 e. The summed E-state index contributed by atoms with van der Waals surface area (Å²) in [5.74, 6) is 6.43. The molecule has 19 heavy (non-hydrogen) atoms. The van der Waals surface area contributed by atoms with E-state index in [0.29, 0.717) is 6.04 Å². The highest BCUT2D eigenvalue weighted by Crippen LogP contribution is 2.18. The number of hydrogen-bond donors (Lipinski definition) is 2. The fraction of sp³-hybridized carbons (Fsp3) is 1.00. The van der Waals surface area contributed by atoms with E-state index in [0.717, 1.165) is 5.92 Å². The van der Waals surface area contributed by atoms with Crippen molar-refractivity contribution in [3.8, 4) is 0 Å². The zero-order valence-electron chi connectivity index (χ0n) is 13.7. The fourth-order valence-electron chi connectivity index (χ4n) is 2.99. The maximum absolute atomic E-state index is 5.68. The lowest BCUT2D eigenvalue weighted by Gasteiger charge is -2.24. The Kier molecular flexibility index (Phi) is 14.3. The molecule has 0 aromatic rings. The molecule has 3 N–H and O–H groups in total. The Morgan fingerprint density at radius 1 is 0.737 bits per heavy atom. The van der Waals surface area contributed by atoms with E-state index in [1.165, 1.54) is 77.0 Å². The Labute approximate surface area is 121 Å². The molecule has 0 aromatic carbocycles. The van der Waals surface area contributed by atoms with Crippen LogP contribution in [0.5, 0.6) is 0 Å². The van der Waals surface area contributed by atoms with E-state index in [2.05, 4.69) is 26.2 Å². The highest BCUT2D eigenvalue weighted by molar-refractivity contribution is 4.72. The van der Waals surface area contributed by atoms with Crippen molar-refractivity contribution in [1.29, 1.82) is 0 Å². The first kappa shape index (κ1) is 18.9. The Morgan fingerprint density at radius 3 is 1.63 bits per heavy atom. The van der Waals surface area contributed by atoms with Crippen molar-refractivity contribution < 1.29 is 0 Å². The van der Waals surface area contributed by atoms with Crippen LogP contribution >= 0.6 is 0 Å². The van der Waals surface area contributed by atoms with Gasteiger partial charge in [0, 0.05) is 6.04 Å². The average molecular weight is 271 g/mol. The minimum Gasteiger partial charge on any atom is -0.271 e. The maximum atomic E-state index is 5.68.